The van der Waals surface area contributed by atoms with Gasteiger partial charge in [0.2, 0.25) is 11.8 Å². The van der Waals surface area contributed by atoms with Gasteiger partial charge in [0.15, 0.2) is 5.96 Å². The Balaban J connectivity index is 0.00000312. The maximum absolute atomic E-state index is 12.5. The lowest BCUT2D eigenvalue weighted by Gasteiger charge is -2.21. The lowest BCUT2D eigenvalue weighted by molar-refractivity contribution is -0.134. The van der Waals surface area contributed by atoms with E-state index < -0.39 is 0 Å². The van der Waals surface area contributed by atoms with Crippen molar-refractivity contribution in [2.24, 2.45) is 10.9 Å². The first kappa shape index (κ1) is 22.0. The van der Waals surface area contributed by atoms with E-state index >= 15 is 0 Å². The standard InChI is InChI=1S/C17H31N5O2.HI/c1-3-9-19-15(23)11-20-17(18-2)21-14-8-10-22(12-14)16(24)13-6-4-5-7-13;/h13-14H,3-12H2,1-2H3,(H,19,23)(H2,18,20,21);1H. The number of rotatable bonds is 6. The summed E-state index contributed by atoms with van der Waals surface area (Å²) in [5, 5.41) is 9.17. The highest BCUT2D eigenvalue weighted by Crippen LogP contribution is 2.27. The molecular formula is C17H32IN5O2. The third-order valence-electron chi connectivity index (χ3n) is 4.76. The molecule has 25 heavy (non-hydrogen) atoms. The lowest BCUT2D eigenvalue weighted by atomic mass is 10.1. The van der Waals surface area contributed by atoms with E-state index in [0.717, 1.165) is 38.8 Å². The van der Waals surface area contributed by atoms with Crippen LogP contribution in [-0.4, -0.2) is 61.9 Å². The normalized spacial score (nSPS) is 21.0. The fraction of sp³-hybridized carbons (Fsp3) is 0.824. The van der Waals surface area contributed by atoms with Crippen molar-refractivity contribution in [2.75, 3.05) is 33.2 Å². The van der Waals surface area contributed by atoms with Crippen LogP contribution in [0.1, 0.15) is 45.4 Å². The monoisotopic (exact) mass is 465 g/mol. The highest BCUT2D eigenvalue weighted by atomic mass is 127. The number of hydrogen-bond acceptors (Lipinski definition) is 3. The second-order valence-corrected chi connectivity index (χ2v) is 6.67. The third kappa shape index (κ3) is 6.99. The zero-order chi connectivity index (χ0) is 17.4. The Bertz CT molecular complexity index is 466. The predicted molar refractivity (Wildman–Crippen MR) is 110 cm³/mol. The smallest absolute Gasteiger partial charge is 0.239 e. The fourth-order valence-electron chi connectivity index (χ4n) is 3.39. The summed E-state index contributed by atoms with van der Waals surface area (Å²) in [4.78, 5) is 30.2. The minimum atomic E-state index is -0.0377. The second-order valence-electron chi connectivity index (χ2n) is 6.67. The Morgan fingerprint density at radius 3 is 2.52 bits per heavy atom. The zero-order valence-corrected chi connectivity index (χ0v) is 17.7. The minimum absolute atomic E-state index is 0. The van der Waals surface area contributed by atoms with Gasteiger partial charge in [-0.15, -0.1) is 24.0 Å². The summed E-state index contributed by atoms with van der Waals surface area (Å²) in [6.45, 7) is 4.44. The molecule has 0 aromatic rings. The summed E-state index contributed by atoms with van der Waals surface area (Å²) in [6.07, 6.45) is 6.30. The van der Waals surface area contributed by atoms with Crippen molar-refractivity contribution in [3.05, 3.63) is 0 Å². The largest absolute Gasteiger partial charge is 0.355 e. The molecule has 0 aromatic heterocycles. The van der Waals surface area contributed by atoms with E-state index in [-0.39, 0.29) is 48.4 Å². The molecule has 8 heteroatoms. The molecule has 1 aliphatic heterocycles. The number of hydrogen-bond donors (Lipinski definition) is 3. The van der Waals surface area contributed by atoms with Gasteiger partial charge in [-0.05, 0) is 25.7 Å². The van der Waals surface area contributed by atoms with Crippen LogP contribution in [0.15, 0.2) is 4.99 Å². The van der Waals surface area contributed by atoms with Crippen LogP contribution in [0.2, 0.25) is 0 Å². The van der Waals surface area contributed by atoms with Gasteiger partial charge in [-0.3, -0.25) is 14.6 Å². The Labute approximate surface area is 167 Å². The number of carbonyl (C=O) groups excluding carboxylic acids is 2. The fourth-order valence-corrected chi connectivity index (χ4v) is 3.39. The molecule has 0 bridgehead atoms. The molecule has 1 saturated carbocycles. The van der Waals surface area contributed by atoms with Crippen molar-refractivity contribution >= 4 is 41.8 Å². The van der Waals surface area contributed by atoms with Crippen LogP contribution in [0.25, 0.3) is 0 Å². The Morgan fingerprint density at radius 1 is 1.16 bits per heavy atom. The van der Waals surface area contributed by atoms with Crippen molar-refractivity contribution in [2.45, 2.75) is 51.5 Å². The highest BCUT2D eigenvalue weighted by molar-refractivity contribution is 14.0. The van der Waals surface area contributed by atoms with Gasteiger partial charge in [-0.1, -0.05) is 19.8 Å². The van der Waals surface area contributed by atoms with Crippen LogP contribution in [-0.2, 0) is 9.59 Å². The summed E-state index contributed by atoms with van der Waals surface area (Å²) in [6, 6.07) is 0.195. The van der Waals surface area contributed by atoms with Crippen molar-refractivity contribution in [1.29, 1.82) is 0 Å². The maximum Gasteiger partial charge on any atom is 0.239 e. The summed E-state index contributed by atoms with van der Waals surface area (Å²) in [5.74, 6) is 1.13. The second kappa shape index (κ2) is 11.5. The predicted octanol–water partition coefficient (Wildman–Crippen LogP) is 1.09. The van der Waals surface area contributed by atoms with Crippen molar-refractivity contribution in [3.8, 4) is 0 Å². The van der Waals surface area contributed by atoms with Gasteiger partial charge in [-0.25, -0.2) is 0 Å². The molecule has 1 heterocycles. The van der Waals surface area contributed by atoms with Crippen molar-refractivity contribution < 1.29 is 9.59 Å². The lowest BCUT2D eigenvalue weighted by Crippen LogP contribution is -2.48. The number of likely N-dealkylation sites (tertiary alicyclic amines) is 1. The van der Waals surface area contributed by atoms with Gasteiger partial charge in [0, 0.05) is 38.6 Å². The molecule has 7 nitrogen and oxygen atoms in total. The van der Waals surface area contributed by atoms with Crippen LogP contribution in [0.5, 0.6) is 0 Å². The van der Waals surface area contributed by atoms with E-state index in [1.54, 1.807) is 7.05 Å². The molecule has 0 aromatic carbocycles. The van der Waals surface area contributed by atoms with Crippen LogP contribution < -0.4 is 16.0 Å². The Morgan fingerprint density at radius 2 is 1.88 bits per heavy atom. The van der Waals surface area contributed by atoms with E-state index in [0.29, 0.717) is 18.4 Å². The molecule has 1 atom stereocenters. The Kier molecular flexibility index (Phi) is 10.1. The summed E-state index contributed by atoms with van der Waals surface area (Å²) in [5.41, 5.74) is 0. The molecule has 2 aliphatic rings. The summed E-state index contributed by atoms with van der Waals surface area (Å²) >= 11 is 0. The number of guanidine groups is 1. The molecule has 1 aliphatic carbocycles. The number of aliphatic imine (C=N–C) groups is 1. The maximum atomic E-state index is 12.5. The van der Waals surface area contributed by atoms with Gasteiger partial charge in [-0.2, -0.15) is 0 Å². The molecule has 1 unspecified atom stereocenters. The molecule has 2 rings (SSSR count). The molecule has 3 N–H and O–H groups in total. The Hall–Kier alpha value is -1.06. The SMILES string of the molecule is CCCNC(=O)CNC(=NC)NC1CCN(C(=O)C2CCCC2)C1.I. The highest BCUT2D eigenvalue weighted by Gasteiger charge is 2.32. The summed E-state index contributed by atoms with van der Waals surface area (Å²) in [7, 11) is 1.69. The molecule has 2 amide bonds. The topological polar surface area (TPSA) is 85.8 Å². The van der Waals surface area contributed by atoms with Crippen molar-refractivity contribution in [1.82, 2.24) is 20.9 Å². The number of amides is 2. The summed E-state index contributed by atoms with van der Waals surface area (Å²) < 4.78 is 0. The van der Waals surface area contributed by atoms with E-state index in [2.05, 4.69) is 20.9 Å². The molecule has 0 spiro atoms. The van der Waals surface area contributed by atoms with Crippen LogP contribution in [0.3, 0.4) is 0 Å². The van der Waals surface area contributed by atoms with Crippen LogP contribution in [0.4, 0.5) is 0 Å². The first-order chi connectivity index (χ1) is 11.6. The van der Waals surface area contributed by atoms with Crippen LogP contribution >= 0.6 is 24.0 Å². The van der Waals surface area contributed by atoms with Gasteiger partial charge in [0.05, 0.1) is 6.54 Å². The van der Waals surface area contributed by atoms with Gasteiger partial charge in [0.25, 0.3) is 0 Å². The van der Waals surface area contributed by atoms with Crippen LogP contribution in [0, 0.1) is 5.92 Å². The average molecular weight is 465 g/mol. The van der Waals surface area contributed by atoms with E-state index in [9.17, 15) is 9.59 Å². The first-order valence-corrected chi connectivity index (χ1v) is 9.16. The zero-order valence-electron chi connectivity index (χ0n) is 15.3. The van der Waals surface area contributed by atoms with Gasteiger partial charge >= 0.3 is 0 Å². The minimum Gasteiger partial charge on any atom is -0.355 e. The van der Waals surface area contributed by atoms with E-state index in [1.807, 2.05) is 11.8 Å². The van der Waals surface area contributed by atoms with Crippen molar-refractivity contribution in [3.63, 3.8) is 0 Å². The third-order valence-corrected chi connectivity index (χ3v) is 4.76. The number of nitrogens with one attached hydrogen (secondary N) is 3. The molecule has 1 saturated heterocycles. The van der Waals surface area contributed by atoms with E-state index in [4.69, 9.17) is 0 Å². The number of nitrogens with zero attached hydrogens (tertiary/aromatic N) is 2. The average Bonchev–Trinajstić information content (AvgIpc) is 3.27. The molecule has 2 fully saturated rings. The first-order valence-electron chi connectivity index (χ1n) is 9.16. The quantitative estimate of drug-likeness (QED) is 0.312. The number of halogens is 1. The molecular weight excluding hydrogens is 433 g/mol. The molecule has 0 radical (unpaired) electrons. The number of carbonyl (C=O) groups is 2. The van der Waals surface area contributed by atoms with Gasteiger partial charge in [0.1, 0.15) is 0 Å². The van der Waals surface area contributed by atoms with E-state index in [1.165, 1.54) is 12.8 Å². The van der Waals surface area contributed by atoms with Gasteiger partial charge < -0.3 is 20.9 Å². The molecule has 144 valence electrons.